The first-order valence-electron chi connectivity index (χ1n) is 11.9. The lowest BCUT2D eigenvalue weighted by Crippen LogP contribution is -2.45. The number of methoxy groups -OCH3 is 1. The van der Waals surface area contributed by atoms with Gasteiger partial charge in [-0.3, -0.25) is 4.79 Å². The van der Waals surface area contributed by atoms with Crippen LogP contribution in [0.25, 0.3) is 0 Å². The highest BCUT2D eigenvalue weighted by Crippen LogP contribution is 2.34. The van der Waals surface area contributed by atoms with Crippen LogP contribution < -0.4 is 15.4 Å². The highest BCUT2D eigenvalue weighted by Gasteiger charge is 2.33. The van der Waals surface area contributed by atoms with Crippen molar-refractivity contribution in [1.29, 1.82) is 0 Å². The summed E-state index contributed by atoms with van der Waals surface area (Å²) in [7, 11) is 1.71. The maximum atomic E-state index is 12.5. The van der Waals surface area contributed by atoms with Gasteiger partial charge in [0.1, 0.15) is 11.9 Å². The van der Waals surface area contributed by atoms with Gasteiger partial charge in [-0.2, -0.15) is 0 Å². The average Bonchev–Trinajstić information content (AvgIpc) is 3.10. The van der Waals surface area contributed by atoms with Crippen molar-refractivity contribution < 1.29 is 9.53 Å². The van der Waals surface area contributed by atoms with Gasteiger partial charge in [0.25, 0.3) is 0 Å². The molecule has 1 atom stereocenters. The molecule has 32 heavy (non-hydrogen) atoms. The van der Waals surface area contributed by atoms with Gasteiger partial charge in [0.05, 0.1) is 12.8 Å². The maximum absolute atomic E-state index is 12.5. The van der Waals surface area contributed by atoms with Gasteiger partial charge < -0.3 is 20.3 Å². The molecule has 0 spiro atoms. The molecular weight excluding hydrogens is 398 g/mol. The van der Waals surface area contributed by atoms with Crippen molar-refractivity contribution in [3.05, 3.63) is 65.1 Å². The van der Waals surface area contributed by atoms with E-state index in [4.69, 9.17) is 4.74 Å². The Morgan fingerprint density at radius 1 is 1.19 bits per heavy atom. The number of nitrogens with one attached hydrogen (secondary N) is 2. The van der Waals surface area contributed by atoms with E-state index in [1.807, 2.05) is 33.0 Å². The molecule has 1 aliphatic carbocycles. The molecule has 1 aromatic rings. The number of fused-ring (bicyclic) bond motifs is 1. The summed E-state index contributed by atoms with van der Waals surface area (Å²) >= 11 is 0. The van der Waals surface area contributed by atoms with Crippen LogP contribution in [0.2, 0.25) is 0 Å². The largest absolute Gasteiger partial charge is 0.497 e. The molecule has 5 nitrogen and oxygen atoms in total. The fourth-order valence-corrected chi connectivity index (χ4v) is 4.80. The Morgan fingerprint density at radius 2 is 1.97 bits per heavy atom. The molecule has 1 amide bonds. The molecule has 1 aromatic carbocycles. The Kier molecular flexibility index (Phi) is 6.63. The smallest absolute Gasteiger partial charge is 0.229 e. The van der Waals surface area contributed by atoms with Crippen LogP contribution in [0, 0.1) is 11.3 Å². The third-order valence-corrected chi connectivity index (χ3v) is 6.69. The Balaban J connectivity index is 1.56. The lowest BCUT2D eigenvalue weighted by molar-refractivity contribution is -0.127. The Labute approximate surface area is 192 Å². The minimum absolute atomic E-state index is 0.0264. The van der Waals surface area contributed by atoms with E-state index in [9.17, 15) is 4.79 Å². The molecule has 0 saturated heterocycles. The predicted molar refractivity (Wildman–Crippen MR) is 129 cm³/mol. The third-order valence-electron chi connectivity index (χ3n) is 6.69. The summed E-state index contributed by atoms with van der Waals surface area (Å²) in [5.74, 6) is 1.66. The van der Waals surface area contributed by atoms with Crippen LogP contribution in [0.3, 0.4) is 0 Å². The lowest BCUT2D eigenvalue weighted by Gasteiger charge is -2.36. The van der Waals surface area contributed by atoms with Gasteiger partial charge in [0.15, 0.2) is 0 Å². The molecule has 2 heterocycles. The summed E-state index contributed by atoms with van der Waals surface area (Å²) in [4.78, 5) is 15.0. The van der Waals surface area contributed by atoms with Crippen LogP contribution in [-0.2, 0) is 11.2 Å². The quantitative estimate of drug-likeness (QED) is 0.669. The molecule has 0 radical (unpaired) electrons. The molecule has 0 bridgehead atoms. The summed E-state index contributed by atoms with van der Waals surface area (Å²) in [6.45, 7) is 6.87. The third kappa shape index (κ3) is 5.20. The first kappa shape index (κ1) is 22.5. The fourth-order valence-electron chi connectivity index (χ4n) is 4.80. The fraction of sp³-hybridized carbons (Fsp3) is 0.519. The molecule has 4 rings (SSSR count). The number of rotatable bonds is 6. The number of nitrogens with zero attached hydrogens (tertiary/aromatic N) is 1. The van der Waals surface area contributed by atoms with Gasteiger partial charge in [-0.05, 0) is 54.2 Å². The Hall–Kier alpha value is -2.69. The van der Waals surface area contributed by atoms with Crippen LogP contribution >= 0.6 is 0 Å². The lowest BCUT2D eigenvalue weighted by atomic mass is 9.88. The first-order chi connectivity index (χ1) is 15.3. The van der Waals surface area contributed by atoms with Crippen molar-refractivity contribution in [1.82, 2.24) is 15.5 Å². The average molecular weight is 436 g/mol. The van der Waals surface area contributed by atoms with E-state index in [0.717, 1.165) is 30.3 Å². The maximum Gasteiger partial charge on any atom is 0.229 e. The van der Waals surface area contributed by atoms with Crippen LogP contribution in [0.1, 0.15) is 58.4 Å². The molecule has 1 saturated carbocycles. The monoisotopic (exact) mass is 435 g/mol. The molecule has 2 N–H and O–H groups in total. The van der Waals surface area contributed by atoms with Gasteiger partial charge in [-0.25, -0.2) is 0 Å². The van der Waals surface area contributed by atoms with E-state index in [0.29, 0.717) is 0 Å². The van der Waals surface area contributed by atoms with Gasteiger partial charge >= 0.3 is 0 Å². The van der Waals surface area contributed by atoms with Gasteiger partial charge in [-0.15, -0.1) is 0 Å². The van der Waals surface area contributed by atoms with E-state index in [2.05, 4.69) is 45.9 Å². The van der Waals surface area contributed by atoms with Crippen LogP contribution in [-0.4, -0.2) is 30.6 Å². The number of dihydropyridines is 1. The van der Waals surface area contributed by atoms with Crippen molar-refractivity contribution in [3.63, 3.8) is 0 Å². The molecule has 1 unspecified atom stereocenters. The van der Waals surface area contributed by atoms with Gasteiger partial charge in [-0.1, -0.05) is 52.2 Å². The second-order valence-electron chi connectivity index (χ2n) is 10.3. The van der Waals surface area contributed by atoms with Crippen molar-refractivity contribution in [2.75, 3.05) is 13.7 Å². The van der Waals surface area contributed by atoms with E-state index in [1.165, 1.54) is 48.9 Å². The van der Waals surface area contributed by atoms with Crippen molar-refractivity contribution in [3.8, 4) is 5.75 Å². The van der Waals surface area contributed by atoms with Crippen molar-refractivity contribution in [2.45, 2.75) is 65.5 Å². The number of hydrogen-bond acceptors (Lipinski definition) is 4. The zero-order chi connectivity index (χ0) is 22.7. The van der Waals surface area contributed by atoms with E-state index < -0.39 is 5.41 Å². The second kappa shape index (κ2) is 9.43. The minimum atomic E-state index is -0.424. The highest BCUT2D eigenvalue weighted by molar-refractivity contribution is 5.83. The van der Waals surface area contributed by atoms with Crippen LogP contribution in [0.4, 0.5) is 0 Å². The van der Waals surface area contributed by atoms with Gasteiger partial charge in [0, 0.05) is 30.3 Å². The summed E-state index contributed by atoms with van der Waals surface area (Å²) < 4.78 is 5.44. The summed E-state index contributed by atoms with van der Waals surface area (Å²) in [5, 5.41) is 6.64. The topological polar surface area (TPSA) is 53.6 Å². The van der Waals surface area contributed by atoms with Crippen LogP contribution in [0.5, 0.6) is 5.75 Å². The van der Waals surface area contributed by atoms with E-state index in [-0.39, 0.29) is 12.1 Å². The predicted octanol–water partition coefficient (Wildman–Crippen LogP) is 4.88. The Morgan fingerprint density at radius 3 is 2.69 bits per heavy atom. The number of benzene rings is 1. The first-order valence-corrected chi connectivity index (χ1v) is 11.9. The summed E-state index contributed by atoms with van der Waals surface area (Å²) in [6, 6.07) is 8.33. The van der Waals surface area contributed by atoms with E-state index >= 15 is 0 Å². The highest BCUT2D eigenvalue weighted by atomic mass is 16.5. The summed E-state index contributed by atoms with van der Waals surface area (Å²) in [6.07, 6.45) is 14.1. The molecule has 3 aliphatic rings. The SMILES string of the molecule is COc1cccc(CC2=CC3=CC(NC(=O)C(C)(C)C)=CNC3N2CC2CCCCC2)c1. The summed E-state index contributed by atoms with van der Waals surface area (Å²) in [5.41, 5.74) is 4.19. The number of ether oxygens (including phenoxy) is 1. The Bertz CT molecular complexity index is 932. The number of amides is 1. The van der Waals surface area contributed by atoms with Crippen LogP contribution in [0.15, 0.2) is 59.6 Å². The zero-order valence-electron chi connectivity index (χ0n) is 19.9. The molecule has 172 valence electrons. The second-order valence-corrected chi connectivity index (χ2v) is 10.3. The number of carbonyl (C=O) groups is 1. The van der Waals surface area contributed by atoms with E-state index in [1.54, 1.807) is 7.11 Å². The van der Waals surface area contributed by atoms with Gasteiger partial charge in [0.2, 0.25) is 5.91 Å². The molecule has 5 heteroatoms. The van der Waals surface area contributed by atoms with Crippen molar-refractivity contribution in [2.24, 2.45) is 11.3 Å². The number of hydrogen-bond donors (Lipinski definition) is 2. The minimum Gasteiger partial charge on any atom is -0.497 e. The number of carbonyl (C=O) groups excluding carboxylic acids is 1. The van der Waals surface area contributed by atoms with Crippen molar-refractivity contribution >= 4 is 5.91 Å². The molecular formula is C27H37N3O2. The normalized spacial score (nSPS) is 21.2. The molecule has 0 aromatic heterocycles. The molecule has 1 fully saturated rings. The number of allylic oxidation sites excluding steroid dienone is 2. The molecule has 2 aliphatic heterocycles. The standard InChI is InChI=1S/C27H37N3O2/c1-27(2,3)26(31)29-22-15-21-16-23(13-20-11-8-12-24(14-20)32-4)30(25(21)28-17-22)18-19-9-6-5-7-10-19/h8,11-12,14-17,19,25,28H,5-7,9-10,13,18H2,1-4H3,(H,29,31). The zero-order valence-corrected chi connectivity index (χ0v) is 19.9.